The van der Waals surface area contributed by atoms with Crippen LogP contribution in [0.4, 0.5) is 0 Å². The van der Waals surface area contributed by atoms with Gasteiger partial charge in [-0.1, -0.05) is 38.0 Å². The highest BCUT2D eigenvalue weighted by Crippen LogP contribution is 2.36. The number of benzene rings is 3. The van der Waals surface area contributed by atoms with Crippen LogP contribution in [0.25, 0.3) is 44.0 Å². The molecule has 5 rings (SSSR count). The van der Waals surface area contributed by atoms with E-state index in [1.807, 2.05) is 49.0 Å². The smallest absolute Gasteiger partial charge is 0.212 e. The van der Waals surface area contributed by atoms with Crippen LogP contribution in [0.1, 0.15) is 36.3 Å². The Labute approximate surface area is 170 Å². The predicted octanol–water partition coefficient (Wildman–Crippen LogP) is 6.66. The van der Waals surface area contributed by atoms with Gasteiger partial charge in [-0.15, -0.1) is 0 Å². The molecule has 2 aromatic heterocycles. The molecule has 0 saturated heterocycles. The van der Waals surface area contributed by atoms with Crippen molar-refractivity contribution >= 4 is 32.7 Å². The molecule has 138 valence electrons. The molecule has 0 fully saturated rings. The van der Waals surface area contributed by atoms with Crippen molar-refractivity contribution in [3.8, 4) is 11.3 Å². The normalized spacial score (nSPS) is 16.5. The zero-order chi connectivity index (χ0) is 22.8. The van der Waals surface area contributed by atoms with Crippen molar-refractivity contribution in [2.45, 2.75) is 26.6 Å². The van der Waals surface area contributed by atoms with E-state index in [0.717, 1.165) is 49.5 Å². The van der Waals surface area contributed by atoms with E-state index in [-0.39, 0.29) is 0 Å². The molecule has 2 heterocycles. The summed E-state index contributed by atoms with van der Waals surface area (Å²) in [4.78, 5) is 0. The molecule has 0 N–H and O–H groups in total. The van der Waals surface area contributed by atoms with E-state index >= 15 is 0 Å². The Morgan fingerprint density at radius 1 is 0.964 bits per heavy atom. The van der Waals surface area contributed by atoms with Gasteiger partial charge < -0.3 is 4.42 Å². The first-order chi connectivity index (χ1) is 15.1. The first-order valence-electron chi connectivity index (χ1n) is 11.4. The van der Waals surface area contributed by atoms with Crippen LogP contribution in [0.3, 0.4) is 0 Å². The molecule has 0 aliphatic rings. The number of nitrogens with zero attached hydrogens (tertiary/aromatic N) is 1. The minimum atomic E-state index is -2.43. The number of aryl methyl sites for hydroxylation is 2. The van der Waals surface area contributed by atoms with E-state index in [1.165, 1.54) is 6.92 Å². The Morgan fingerprint density at radius 2 is 1.68 bits per heavy atom. The van der Waals surface area contributed by atoms with Gasteiger partial charge in [0.15, 0.2) is 6.20 Å². The second kappa shape index (κ2) is 6.20. The van der Waals surface area contributed by atoms with Gasteiger partial charge in [-0.25, -0.2) is 4.57 Å². The Morgan fingerprint density at radius 3 is 2.46 bits per heavy atom. The van der Waals surface area contributed by atoms with Gasteiger partial charge >= 0.3 is 0 Å². The van der Waals surface area contributed by atoms with E-state index < -0.39 is 12.7 Å². The molecule has 2 heteroatoms. The lowest BCUT2D eigenvalue weighted by Gasteiger charge is -2.09. The first-order valence-corrected chi connectivity index (χ1v) is 9.42. The second-order valence-electron chi connectivity index (χ2n) is 7.50. The highest BCUT2D eigenvalue weighted by molar-refractivity contribution is 6.11. The molecule has 0 saturated carbocycles. The molecule has 0 spiro atoms. The monoisotopic (exact) mass is 370 g/mol. The molecule has 0 aliphatic heterocycles. The molecule has 5 aromatic rings. The van der Waals surface area contributed by atoms with E-state index in [1.54, 1.807) is 6.07 Å². The number of pyridine rings is 1. The summed E-state index contributed by atoms with van der Waals surface area (Å²) >= 11 is 0. The van der Waals surface area contributed by atoms with Crippen molar-refractivity contribution in [1.29, 1.82) is 0 Å². The molecule has 1 unspecified atom stereocenters. The maximum absolute atomic E-state index is 8.51. The largest absolute Gasteiger partial charge is 0.456 e. The molecular weight excluding hydrogens is 342 g/mol. The van der Waals surface area contributed by atoms with Gasteiger partial charge in [0.25, 0.3) is 0 Å². The van der Waals surface area contributed by atoms with Crippen molar-refractivity contribution in [3.63, 3.8) is 0 Å². The summed E-state index contributed by atoms with van der Waals surface area (Å²) in [5, 5.41) is 4.35. The lowest BCUT2D eigenvalue weighted by molar-refractivity contribution is -0.660. The van der Waals surface area contributed by atoms with Gasteiger partial charge in [-0.3, -0.25) is 0 Å². The van der Waals surface area contributed by atoms with Crippen LogP contribution in [0.2, 0.25) is 0 Å². The standard InChI is InChI=1S/C26H24NO/c1-16(2)18-9-10-27(4)24(13-18)21-15-23-22-12-19-7-5-6-8-20(19)14-26(22)28-25(23)11-17(21)3/h5-16H,1-4H3/q+1/i1D3,16D. The zero-order valence-electron chi connectivity index (χ0n) is 20.2. The van der Waals surface area contributed by atoms with Gasteiger partial charge in [0.1, 0.15) is 18.2 Å². The number of furan rings is 1. The fourth-order valence-electron chi connectivity index (χ4n) is 3.96. The van der Waals surface area contributed by atoms with Crippen molar-refractivity contribution < 1.29 is 14.5 Å². The summed E-state index contributed by atoms with van der Waals surface area (Å²) in [6.45, 7) is 1.05. The van der Waals surface area contributed by atoms with Crippen LogP contribution < -0.4 is 4.57 Å². The summed E-state index contributed by atoms with van der Waals surface area (Å²) < 4.78 is 40.1. The third-order valence-electron chi connectivity index (χ3n) is 5.54. The minimum absolute atomic E-state index is 0.466. The Kier molecular flexibility index (Phi) is 2.90. The van der Waals surface area contributed by atoms with E-state index in [9.17, 15) is 0 Å². The summed E-state index contributed by atoms with van der Waals surface area (Å²) in [6.07, 6.45) is 1.83. The maximum atomic E-state index is 8.51. The SMILES string of the molecule is [2H]C([2H])([2H])C([2H])(C)c1cc[n+](C)c(-c2cc3c(cc2C)oc2cc4ccccc4cc23)c1. The molecule has 28 heavy (non-hydrogen) atoms. The molecule has 2 nitrogen and oxygen atoms in total. The highest BCUT2D eigenvalue weighted by Gasteiger charge is 2.18. The van der Waals surface area contributed by atoms with E-state index in [0.29, 0.717) is 5.56 Å². The lowest BCUT2D eigenvalue weighted by Crippen LogP contribution is -2.30. The highest BCUT2D eigenvalue weighted by atomic mass is 16.3. The van der Waals surface area contributed by atoms with Gasteiger partial charge in [-0.2, -0.15) is 0 Å². The number of hydrogen-bond acceptors (Lipinski definition) is 1. The summed E-state index contributed by atoms with van der Waals surface area (Å²) in [5.74, 6) is -1.70. The number of aromatic nitrogens is 1. The molecule has 3 aromatic carbocycles. The predicted molar refractivity (Wildman–Crippen MR) is 117 cm³/mol. The van der Waals surface area contributed by atoms with Gasteiger partial charge in [0, 0.05) is 34.0 Å². The first kappa shape index (κ1) is 13.1. The molecule has 1 atom stereocenters. The zero-order valence-corrected chi connectivity index (χ0v) is 16.2. The van der Waals surface area contributed by atoms with Crippen molar-refractivity contribution in [3.05, 3.63) is 78.0 Å². The average molecular weight is 371 g/mol. The topological polar surface area (TPSA) is 17.0 Å². The number of rotatable bonds is 2. The Balaban J connectivity index is 1.75. The Hall–Kier alpha value is -3.13. The Bertz CT molecular complexity index is 1510. The summed E-state index contributed by atoms with van der Waals surface area (Å²) in [6, 6.07) is 20.1. The van der Waals surface area contributed by atoms with Crippen molar-refractivity contribution in [2.75, 3.05) is 0 Å². The van der Waals surface area contributed by atoms with E-state index in [4.69, 9.17) is 9.90 Å². The van der Waals surface area contributed by atoms with Crippen LogP contribution in [0.5, 0.6) is 0 Å². The number of hydrogen-bond donors (Lipinski definition) is 0. The third kappa shape index (κ3) is 2.60. The van der Waals surface area contributed by atoms with Gasteiger partial charge in [-0.05, 0) is 59.0 Å². The third-order valence-corrected chi connectivity index (χ3v) is 5.54. The average Bonchev–Trinajstić information content (AvgIpc) is 3.07. The molecule has 0 aliphatic carbocycles. The van der Waals surface area contributed by atoms with Crippen LogP contribution >= 0.6 is 0 Å². The van der Waals surface area contributed by atoms with Crippen LogP contribution in [0.15, 0.2) is 71.3 Å². The fourth-order valence-corrected chi connectivity index (χ4v) is 3.96. The van der Waals surface area contributed by atoms with Crippen molar-refractivity contribution in [2.24, 2.45) is 7.05 Å². The van der Waals surface area contributed by atoms with Crippen LogP contribution in [-0.2, 0) is 7.05 Å². The van der Waals surface area contributed by atoms with Crippen LogP contribution in [-0.4, -0.2) is 0 Å². The molecule has 0 amide bonds. The van der Waals surface area contributed by atoms with Crippen LogP contribution in [0, 0.1) is 6.92 Å². The lowest BCUT2D eigenvalue weighted by atomic mass is 9.97. The maximum Gasteiger partial charge on any atom is 0.212 e. The molecule has 0 radical (unpaired) electrons. The second-order valence-corrected chi connectivity index (χ2v) is 7.50. The minimum Gasteiger partial charge on any atom is -0.456 e. The number of fused-ring (bicyclic) bond motifs is 4. The molecule has 0 bridgehead atoms. The van der Waals surface area contributed by atoms with Gasteiger partial charge in [0.2, 0.25) is 5.69 Å². The fraction of sp³-hybridized carbons (Fsp3) is 0.192. The van der Waals surface area contributed by atoms with Crippen molar-refractivity contribution in [1.82, 2.24) is 0 Å². The summed E-state index contributed by atoms with van der Waals surface area (Å²) in [7, 11) is 1.93. The van der Waals surface area contributed by atoms with E-state index in [2.05, 4.69) is 30.3 Å². The molecular formula is C26H24NO+. The quantitative estimate of drug-likeness (QED) is 0.317. The van der Waals surface area contributed by atoms with Gasteiger partial charge in [0.05, 0.1) is 0 Å². The summed E-state index contributed by atoms with van der Waals surface area (Å²) in [5.41, 5.74) is 5.00.